The third-order valence-corrected chi connectivity index (χ3v) is 6.09. The molecule has 0 unspecified atom stereocenters. The SMILES string of the molecule is COC(=O)c1cc(OC)c(OC)c(OCC[C@H](CCN2CCCNCC2)OCc2ccccc2)c1. The molecule has 1 heterocycles. The van der Waals surface area contributed by atoms with Crippen molar-refractivity contribution in [1.82, 2.24) is 10.2 Å². The summed E-state index contributed by atoms with van der Waals surface area (Å²) in [5, 5.41) is 3.45. The first-order chi connectivity index (χ1) is 17.1. The highest BCUT2D eigenvalue weighted by molar-refractivity contribution is 5.91. The van der Waals surface area contributed by atoms with Gasteiger partial charge < -0.3 is 33.9 Å². The topological polar surface area (TPSA) is 78.5 Å². The van der Waals surface area contributed by atoms with E-state index in [1.54, 1.807) is 19.2 Å². The Bertz CT molecular complexity index is 900. The van der Waals surface area contributed by atoms with Gasteiger partial charge in [0.05, 0.1) is 46.2 Å². The molecule has 3 rings (SSSR count). The number of esters is 1. The second-order valence-corrected chi connectivity index (χ2v) is 8.49. The van der Waals surface area contributed by atoms with E-state index in [1.807, 2.05) is 18.2 Å². The van der Waals surface area contributed by atoms with Crippen molar-refractivity contribution in [2.75, 3.05) is 60.7 Å². The Hall–Kier alpha value is -2.81. The second kappa shape index (κ2) is 14.6. The molecule has 0 bridgehead atoms. The zero-order valence-corrected chi connectivity index (χ0v) is 21.1. The van der Waals surface area contributed by atoms with E-state index >= 15 is 0 Å². The van der Waals surface area contributed by atoms with Crippen molar-refractivity contribution in [2.45, 2.75) is 32.0 Å². The molecule has 2 aromatic rings. The number of nitrogens with one attached hydrogen (secondary N) is 1. The van der Waals surface area contributed by atoms with Crippen molar-refractivity contribution in [3.8, 4) is 17.2 Å². The molecule has 1 aliphatic rings. The lowest BCUT2D eigenvalue weighted by molar-refractivity contribution is 0.0151. The molecule has 0 saturated carbocycles. The molecule has 0 amide bonds. The maximum Gasteiger partial charge on any atom is 0.338 e. The third-order valence-electron chi connectivity index (χ3n) is 6.09. The largest absolute Gasteiger partial charge is 0.493 e. The second-order valence-electron chi connectivity index (χ2n) is 8.49. The van der Waals surface area contributed by atoms with Crippen LogP contribution in [0.1, 0.15) is 35.2 Å². The first-order valence-corrected chi connectivity index (χ1v) is 12.2. The van der Waals surface area contributed by atoms with E-state index in [2.05, 4.69) is 22.3 Å². The third kappa shape index (κ3) is 8.42. The number of rotatable bonds is 13. The van der Waals surface area contributed by atoms with E-state index in [0.29, 0.717) is 42.4 Å². The molecule has 192 valence electrons. The molecule has 0 aliphatic carbocycles. The van der Waals surface area contributed by atoms with Gasteiger partial charge in [-0.2, -0.15) is 0 Å². The number of carbonyl (C=O) groups is 1. The highest BCUT2D eigenvalue weighted by Gasteiger charge is 2.19. The maximum atomic E-state index is 12.1. The van der Waals surface area contributed by atoms with Crippen molar-refractivity contribution in [2.24, 2.45) is 0 Å². The fourth-order valence-corrected chi connectivity index (χ4v) is 4.12. The summed E-state index contributed by atoms with van der Waals surface area (Å²) in [6.07, 6.45) is 2.81. The summed E-state index contributed by atoms with van der Waals surface area (Å²) in [6, 6.07) is 13.4. The number of benzene rings is 2. The lowest BCUT2D eigenvalue weighted by Gasteiger charge is -2.24. The van der Waals surface area contributed by atoms with Gasteiger partial charge in [-0.1, -0.05) is 30.3 Å². The van der Waals surface area contributed by atoms with Crippen LogP contribution in [0.4, 0.5) is 0 Å². The summed E-state index contributed by atoms with van der Waals surface area (Å²) in [4.78, 5) is 14.6. The van der Waals surface area contributed by atoms with Crippen LogP contribution in [0.3, 0.4) is 0 Å². The van der Waals surface area contributed by atoms with E-state index in [0.717, 1.165) is 51.1 Å². The minimum atomic E-state index is -0.466. The molecule has 8 heteroatoms. The average molecular weight is 487 g/mol. The molecule has 1 saturated heterocycles. The number of nitrogens with zero attached hydrogens (tertiary/aromatic N) is 1. The molecule has 0 aromatic heterocycles. The average Bonchev–Trinajstić information content (AvgIpc) is 3.18. The zero-order chi connectivity index (χ0) is 24.9. The van der Waals surface area contributed by atoms with Gasteiger partial charge in [-0.15, -0.1) is 0 Å². The lowest BCUT2D eigenvalue weighted by atomic mass is 10.1. The van der Waals surface area contributed by atoms with Crippen LogP contribution in [-0.2, 0) is 16.1 Å². The number of methoxy groups -OCH3 is 3. The molecule has 35 heavy (non-hydrogen) atoms. The highest BCUT2D eigenvalue weighted by atomic mass is 16.5. The van der Waals surface area contributed by atoms with Crippen LogP contribution in [0.15, 0.2) is 42.5 Å². The predicted molar refractivity (Wildman–Crippen MR) is 135 cm³/mol. The Morgan fingerprint density at radius 3 is 2.54 bits per heavy atom. The van der Waals surface area contributed by atoms with E-state index in [9.17, 15) is 4.79 Å². The van der Waals surface area contributed by atoms with Gasteiger partial charge in [-0.25, -0.2) is 4.79 Å². The Kier molecular flexibility index (Phi) is 11.1. The van der Waals surface area contributed by atoms with Crippen LogP contribution in [0.2, 0.25) is 0 Å². The van der Waals surface area contributed by atoms with Crippen molar-refractivity contribution in [3.63, 3.8) is 0 Å². The molecule has 1 fully saturated rings. The number of carbonyl (C=O) groups excluding carboxylic acids is 1. The van der Waals surface area contributed by atoms with Crippen LogP contribution in [0.5, 0.6) is 17.2 Å². The van der Waals surface area contributed by atoms with Crippen LogP contribution in [-0.4, -0.2) is 77.6 Å². The Balaban J connectivity index is 1.64. The van der Waals surface area contributed by atoms with Gasteiger partial charge in [-0.3, -0.25) is 0 Å². The lowest BCUT2D eigenvalue weighted by Crippen LogP contribution is -2.32. The fourth-order valence-electron chi connectivity index (χ4n) is 4.12. The van der Waals surface area contributed by atoms with Gasteiger partial charge in [0.1, 0.15) is 0 Å². The number of hydrogen-bond donors (Lipinski definition) is 1. The summed E-state index contributed by atoms with van der Waals surface area (Å²) >= 11 is 0. The Morgan fingerprint density at radius 1 is 1.00 bits per heavy atom. The van der Waals surface area contributed by atoms with Gasteiger partial charge in [0.15, 0.2) is 11.5 Å². The van der Waals surface area contributed by atoms with Gasteiger partial charge in [0, 0.05) is 26.1 Å². The number of hydrogen-bond acceptors (Lipinski definition) is 8. The van der Waals surface area contributed by atoms with Crippen LogP contribution >= 0.6 is 0 Å². The normalized spacial score (nSPS) is 15.2. The quantitative estimate of drug-likeness (QED) is 0.431. The van der Waals surface area contributed by atoms with Crippen LogP contribution in [0, 0.1) is 0 Å². The summed E-state index contributed by atoms with van der Waals surface area (Å²) in [7, 11) is 4.41. The molecule has 1 aliphatic heterocycles. The summed E-state index contributed by atoms with van der Waals surface area (Å²) in [5.41, 5.74) is 1.49. The molecule has 1 N–H and O–H groups in total. The van der Waals surface area contributed by atoms with E-state index in [4.69, 9.17) is 23.7 Å². The van der Waals surface area contributed by atoms with Crippen LogP contribution < -0.4 is 19.5 Å². The predicted octanol–water partition coefficient (Wildman–Crippen LogP) is 3.53. The highest BCUT2D eigenvalue weighted by Crippen LogP contribution is 2.38. The van der Waals surface area contributed by atoms with E-state index < -0.39 is 5.97 Å². The van der Waals surface area contributed by atoms with Crippen molar-refractivity contribution in [3.05, 3.63) is 53.6 Å². The van der Waals surface area contributed by atoms with E-state index in [-0.39, 0.29) is 6.10 Å². The van der Waals surface area contributed by atoms with E-state index in [1.165, 1.54) is 14.2 Å². The summed E-state index contributed by atoms with van der Waals surface area (Å²) in [6.45, 7) is 6.21. The Labute approximate surface area is 208 Å². The molecule has 1 atom stereocenters. The zero-order valence-electron chi connectivity index (χ0n) is 21.1. The number of ether oxygens (including phenoxy) is 5. The molecule has 0 spiro atoms. The van der Waals surface area contributed by atoms with Crippen molar-refractivity contribution < 1.29 is 28.5 Å². The standard InChI is InChI=1S/C27H38N2O6/c1-31-24-18-22(27(30)33-3)19-25(26(24)32-2)34-17-11-23(35-20-21-8-5-4-6-9-21)10-15-29-14-7-12-28-13-16-29/h4-6,8-9,18-19,23,28H,7,10-17,20H2,1-3H3/t23-/m0/s1. The monoisotopic (exact) mass is 486 g/mol. The molecule has 8 nitrogen and oxygen atoms in total. The smallest absolute Gasteiger partial charge is 0.338 e. The Morgan fingerprint density at radius 2 is 1.80 bits per heavy atom. The van der Waals surface area contributed by atoms with Crippen molar-refractivity contribution >= 4 is 5.97 Å². The first-order valence-electron chi connectivity index (χ1n) is 12.2. The first kappa shape index (κ1) is 26.8. The molecule has 2 aromatic carbocycles. The van der Waals surface area contributed by atoms with Gasteiger partial charge in [-0.05, 0) is 43.6 Å². The van der Waals surface area contributed by atoms with Crippen LogP contribution in [0.25, 0.3) is 0 Å². The maximum absolute atomic E-state index is 12.1. The minimum absolute atomic E-state index is 0.0306. The fraction of sp³-hybridized carbons (Fsp3) is 0.519. The van der Waals surface area contributed by atoms with Gasteiger partial charge in [0.25, 0.3) is 0 Å². The minimum Gasteiger partial charge on any atom is -0.493 e. The summed E-state index contributed by atoms with van der Waals surface area (Å²) in [5.74, 6) is 0.829. The van der Waals surface area contributed by atoms with Gasteiger partial charge in [0.2, 0.25) is 5.75 Å². The van der Waals surface area contributed by atoms with Gasteiger partial charge >= 0.3 is 5.97 Å². The molecular formula is C27H38N2O6. The summed E-state index contributed by atoms with van der Waals surface area (Å²) < 4.78 is 28.1. The van der Waals surface area contributed by atoms with Crippen molar-refractivity contribution in [1.29, 1.82) is 0 Å². The molecular weight excluding hydrogens is 448 g/mol. The molecule has 0 radical (unpaired) electrons.